The fraction of sp³-hybridized carbons (Fsp3) is 0.800. The van der Waals surface area contributed by atoms with Crippen LogP contribution in [-0.4, -0.2) is 34.9 Å². The highest BCUT2D eigenvalue weighted by molar-refractivity contribution is 5.96. The first-order valence-corrected chi connectivity index (χ1v) is 13.7. The fourth-order valence-corrected chi connectivity index (χ4v) is 9.88. The predicted octanol–water partition coefficient (Wildman–Crippen LogP) is 5.92. The van der Waals surface area contributed by atoms with Crippen LogP contribution >= 0.6 is 0 Å². The molecule has 0 saturated heterocycles. The summed E-state index contributed by atoms with van der Waals surface area (Å²) in [4.78, 5) is 26.3. The second kappa shape index (κ2) is 7.77. The van der Waals surface area contributed by atoms with Crippen molar-refractivity contribution in [2.75, 3.05) is 6.79 Å². The number of carboxylic acids is 1. The Morgan fingerprint density at radius 3 is 2.31 bits per heavy atom. The van der Waals surface area contributed by atoms with Gasteiger partial charge in [0, 0.05) is 5.92 Å². The van der Waals surface area contributed by atoms with Crippen molar-refractivity contribution in [1.82, 2.24) is 0 Å². The van der Waals surface area contributed by atoms with Gasteiger partial charge in [-0.2, -0.15) is 0 Å². The van der Waals surface area contributed by atoms with Gasteiger partial charge in [-0.1, -0.05) is 40.7 Å². The molecule has 0 aromatic carbocycles. The molecule has 0 aromatic rings. The number of carbonyl (C=O) groups is 2. The number of carboxylic acid groups (broad SMARTS) is 1. The summed E-state index contributed by atoms with van der Waals surface area (Å²) in [6, 6.07) is 0. The Labute approximate surface area is 210 Å². The summed E-state index contributed by atoms with van der Waals surface area (Å²) in [5, 5.41) is 19.4. The molecule has 2 N–H and O–H groups in total. The van der Waals surface area contributed by atoms with Gasteiger partial charge < -0.3 is 14.9 Å². The lowest BCUT2D eigenvalue weighted by molar-refractivity contribution is -0.206. The minimum Gasteiger partial charge on any atom is -0.481 e. The van der Waals surface area contributed by atoms with Gasteiger partial charge in [-0.05, 0) is 109 Å². The van der Waals surface area contributed by atoms with Gasteiger partial charge in [-0.3, -0.25) is 9.59 Å². The van der Waals surface area contributed by atoms with E-state index in [-0.39, 0.29) is 46.3 Å². The molecule has 5 heteroatoms. The van der Waals surface area contributed by atoms with Gasteiger partial charge in [0.05, 0.1) is 11.5 Å². The molecule has 0 amide bonds. The topological polar surface area (TPSA) is 83.8 Å². The van der Waals surface area contributed by atoms with E-state index in [4.69, 9.17) is 4.74 Å². The molecule has 5 aliphatic carbocycles. The number of ketones is 1. The lowest BCUT2D eigenvalue weighted by Gasteiger charge is -2.66. The molecule has 8 atom stereocenters. The van der Waals surface area contributed by atoms with Gasteiger partial charge in [0.15, 0.2) is 5.78 Å². The number of aliphatic hydroxyl groups is 1. The second-order valence-corrected chi connectivity index (χ2v) is 14.1. The lowest BCUT2D eigenvalue weighted by atomic mass is 9.37. The first-order chi connectivity index (χ1) is 16.2. The molecular formula is C30H44O5. The average molecular weight is 485 g/mol. The number of aliphatic hydroxyl groups excluding tert-OH is 1. The second-order valence-electron chi connectivity index (χ2n) is 14.1. The zero-order valence-electron chi connectivity index (χ0n) is 22.4. The monoisotopic (exact) mass is 484 g/mol. The largest absolute Gasteiger partial charge is 0.481 e. The van der Waals surface area contributed by atoms with Gasteiger partial charge in [0.1, 0.15) is 6.79 Å². The summed E-state index contributed by atoms with van der Waals surface area (Å²) in [7, 11) is 0. The molecule has 3 fully saturated rings. The molecule has 5 aliphatic rings. The SMILES string of the molecule is CC12CCC3C(=CC(=O)C4C3(C)CCC3C(C)(C)C(OCO)CCC34C)C1=C[C@@](C)(C(=O)O)CC2. The minimum atomic E-state index is -0.864. The molecule has 3 saturated carbocycles. The predicted molar refractivity (Wildman–Crippen MR) is 134 cm³/mol. The molecule has 0 radical (unpaired) electrons. The summed E-state index contributed by atoms with van der Waals surface area (Å²) in [5.74, 6) is 0.105. The number of carbonyl (C=O) groups excluding carboxylic acids is 1. The lowest BCUT2D eigenvalue weighted by Crippen LogP contribution is -2.63. The Hall–Kier alpha value is -1.46. The Morgan fingerprint density at radius 1 is 0.971 bits per heavy atom. The summed E-state index contributed by atoms with van der Waals surface area (Å²) in [5.41, 5.74) is 1.05. The molecular weight excluding hydrogens is 440 g/mol. The van der Waals surface area contributed by atoms with Crippen LogP contribution in [0.3, 0.4) is 0 Å². The number of ether oxygens (including phenoxy) is 1. The molecule has 0 aromatic heterocycles. The van der Waals surface area contributed by atoms with Crippen molar-refractivity contribution in [2.45, 2.75) is 99.0 Å². The molecule has 194 valence electrons. The van der Waals surface area contributed by atoms with Crippen molar-refractivity contribution in [3.05, 3.63) is 23.3 Å². The molecule has 35 heavy (non-hydrogen) atoms. The van der Waals surface area contributed by atoms with Crippen LogP contribution in [0.15, 0.2) is 23.3 Å². The molecule has 0 spiro atoms. The van der Waals surface area contributed by atoms with Gasteiger partial charge in [-0.15, -0.1) is 0 Å². The van der Waals surface area contributed by atoms with Gasteiger partial charge in [-0.25, -0.2) is 0 Å². The molecule has 5 nitrogen and oxygen atoms in total. The molecule has 0 aliphatic heterocycles. The van der Waals surface area contributed by atoms with Crippen molar-refractivity contribution < 1.29 is 24.5 Å². The maximum Gasteiger partial charge on any atom is 0.313 e. The van der Waals surface area contributed by atoms with E-state index < -0.39 is 11.4 Å². The van der Waals surface area contributed by atoms with Crippen molar-refractivity contribution >= 4 is 11.8 Å². The Morgan fingerprint density at radius 2 is 1.66 bits per heavy atom. The first kappa shape index (κ1) is 25.2. The Bertz CT molecular complexity index is 1010. The van der Waals surface area contributed by atoms with Crippen molar-refractivity contribution in [2.24, 2.45) is 44.8 Å². The number of hydrogen-bond acceptors (Lipinski definition) is 4. The van der Waals surface area contributed by atoms with Crippen LogP contribution in [0, 0.1) is 44.8 Å². The van der Waals surface area contributed by atoms with Gasteiger partial charge in [0.2, 0.25) is 0 Å². The summed E-state index contributed by atoms with van der Waals surface area (Å²) < 4.78 is 5.78. The van der Waals surface area contributed by atoms with Gasteiger partial charge >= 0.3 is 5.97 Å². The van der Waals surface area contributed by atoms with E-state index in [1.54, 1.807) is 0 Å². The summed E-state index contributed by atoms with van der Waals surface area (Å²) >= 11 is 0. The average Bonchev–Trinajstić information content (AvgIpc) is 2.76. The smallest absolute Gasteiger partial charge is 0.313 e. The molecule has 0 heterocycles. The van der Waals surface area contributed by atoms with Crippen LogP contribution in [0.4, 0.5) is 0 Å². The maximum absolute atomic E-state index is 14.1. The van der Waals surface area contributed by atoms with Crippen LogP contribution in [0.25, 0.3) is 0 Å². The van der Waals surface area contributed by atoms with E-state index in [2.05, 4.69) is 34.6 Å². The zero-order chi connectivity index (χ0) is 25.6. The van der Waals surface area contributed by atoms with Crippen LogP contribution in [-0.2, 0) is 14.3 Å². The number of fused-ring (bicyclic) bond motifs is 7. The van der Waals surface area contributed by atoms with Crippen LogP contribution < -0.4 is 0 Å². The third-order valence-electron chi connectivity index (χ3n) is 11.9. The molecule has 7 unspecified atom stereocenters. The van der Waals surface area contributed by atoms with Crippen LogP contribution in [0.1, 0.15) is 92.9 Å². The van der Waals surface area contributed by atoms with Crippen molar-refractivity contribution in [3.8, 4) is 0 Å². The normalized spacial score (nSPS) is 48.5. The Balaban J connectivity index is 1.59. The van der Waals surface area contributed by atoms with Crippen molar-refractivity contribution in [1.29, 1.82) is 0 Å². The number of rotatable bonds is 3. The maximum atomic E-state index is 14.1. The zero-order valence-corrected chi connectivity index (χ0v) is 22.4. The highest BCUT2D eigenvalue weighted by Crippen LogP contribution is 2.70. The highest BCUT2D eigenvalue weighted by atomic mass is 16.6. The van der Waals surface area contributed by atoms with Gasteiger partial charge in [0.25, 0.3) is 0 Å². The summed E-state index contributed by atoms with van der Waals surface area (Å²) in [6.45, 7) is 13.1. The van der Waals surface area contributed by atoms with E-state index in [1.165, 1.54) is 0 Å². The van der Waals surface area contributed by atoms with E-state index in [0.717, 1.165) is 56.1 Å². The number of hydrogen-bond donors (Lipinski definition) is 2. The first-order valence-electron chi connectivity index (χ1n) is 13.7. The third-order valence-corrected chi connectivity index (χ3v) is 11.9. The van der Waals surface area contributed by atoms with Crippen LogP contribution in [0.2, 0.25) is 0 Å². The van der Waals surface area contributed by atoms with E-state index >= 15 is 0 Å². The quantitative estimate of drug-likeness (QED) is 0.486. The minimum absolute atomic E-state index is 0.0104. The summed E-state index contributed by atoms with van der Waals surface area (Å²) in [6.07, 6.45) is 11.5. The Kier molecular flexibility index (Phi) is 5.60. The van der Waals surface area contributed by atoms with Crippen molar-refractivity contribution in [3.63, 3.8) is 0 Å². The van der Waals surface area contributed by atoms with E-state index in [9.17, 15) is 19.8 Å². The number of aliphatic carboxylic acids is 1. The third kappa shape index (κ3) is 3.32. The fourth-order valence-electron chi connectivity index (χ4n) is 9.88. The molecule has 5 rings (SSSR count). The standard InChI is InChI=1S/C30H44O5/c1-26(2)22-8-11-29(5)19-7-10-27(3)13-14-28(4,25(33)34)16-20(27)18(19)15-21(32)24(29)30(22,6)12-9-23(26)35-17-31/h15-16,19,22-24,31H,7-14,17H2,1-6H3,(H,33,34)/t19?,22?,23?,24?,27?,28-,29?,30?/m0/s1. The van der Waals surface area contributed by atoms with E-state index in [1.807, 2.05) is 19.1 Å². The molecule has 0 bridgehead atoms. The number of allylic oxidation sites excluding steroid dienone is 3. The highest BCUT2D eigenvalue weighted by Gasteiger charge is 2.66. The van der Waals surface area contributed by atoms with E-state index in [0.29, 0.717) is 18.3 Å². The van der Waals surface area contributed by atoms with Crippen LogP contribution in [0.5, 0.6) is 0 Å².